The van der Waals surface area contributed by atoms with E-state index in [1.807, 2.05) is 24.3 Å². The monoisotopic (exact) mass is 591 g/mol. The van der Waals surface area contributed by atoms with Gasteiger partial charge in [-0.15, -0.1) is 6.42 Å². The molecule has 1 aliphatic heterocycles. The summed E-state index contributed by atoms with van der Waals surface area (Å²) in [5, 5.41) is 23.6. The number of aromatic nitrogens is 2. The molecular weight excluding hydrogens is 554 g/mol. The Morgan fingerprint density at radius 2 is 1.71 bits per heavy atom. The van der Waals surface area contributed by atoms with Crippen LogP contribution in [-0.2, 0) is 30.2 Å². The second-order valence-corrected chi connectivity index (χ2v) is 9.18. The van der Waals surface area contributed by atoms with Crippen LogP contribution in [0.4, 0.5) is 11.6 Å². The van der Waals surface area contributed by atoms with Crippen molar-refractivity contribution in [2.24, 2.45) is 0 Å². The molecule has 0 saturated carbocycles. The Labute approximate surface area is 245 Å². The molecule has 1 saturated heterocycles. The van der Waals surface area contributed by atoms with Crippen LogP contribution in [-0.4, -0.2) is 99.7 Å². The van der Waals surface area contributed by atoms with Crippen molar-refractivity contribution < 1.29 is 33.5 Å². The molecule has 12 nitrogen and oxygen atoms in total. The number of hydrogen-bond donors (Lipinski definition) is 4. The number of rotatable bonds is 21. The van der Waals surface area contributed by atoms with Gasteiger partial charge in [0.2, 0.25) is 5.28 Å². The van der Waals surface area contributed by atoms with Crippen molar-refractivity contribution in [3.05, 3.63) is 40.7 Å². The number of aliphatic hydroxyl groups is 1. The molecule has 4 N–H and O–H groups in total. The van der Waals surface area contributed by atoms with Gasteiger partial charge in [-0.05, 0) is 42.1 Å². The largest absolute Gasteiger partial charge is 0.491 e. The van der Waals surface area contributed by atoms with E-state index in [0.29, 0.717) is 95.4 Å². The summed E-state index contributed by atoms with van der Waals surface area (Å²) in [5.74, 6) is 3.91. The Balaban J connectivity index is 1.35. The van der Waals surface area contributed by atoms with Crippen LogP contribution < -0.4 is 15.4 Å². The lowest BCUT2D eigenvalue weighted by molar-refractivity contribution is -0.00187. The lowest BCUT2D eigenvalue weighted by Gasteiger charge is -2.18. The minimum atomic E-state index is -0.328. The molecule has 2 aromatic rings. The summed E-state index contributed by atoms with van der Waals surface area (Å²) in [6.07, 6.45) is 7.16. The molecule has 0 spiro atoms. The Bertz CT molecular complexity index is 1100. The second-order valence-electron chi connectivity index (χ2n) is 8.84. The summed E-state index contributed by atoms with van der Waals surface area (Å²) in [5.41, 5.74) is 1.41. The van der Waals surface area contributed by atoms with E-state index in [0.717, 1.165) is 18.2 Å². The smallest absolute Gasteiger partial charge is 0.226 e. The number of nitrogens with one attached hydrogen (secondary N) is 3. The molecule has 1 aliphatic rings. The summed E-state index contributed by atoms with van der Waals surface area (Å²) < 4.78 is 33.0. The van der Waals surface area contributed by atoms with Crippen molar-refractivity contribution in [1.82, 2.24) is 9.97 Å². The number of anilines is 2. The van der Waals surface area contributed by atoms with E-state index in [-0.39, 0.29) is 24.2 Å². The zero-order chi connectivity index (χ0) is 29.1. The van der Waals surface area contributed by atoms with Crippen LogP contribution in [0.5, 0.6) is 5.75 Å². The maximum Gasteiger partial charge on any atom is 0.226 e. The van der Waals surface area contributed by atoms with Crippen LogP contribution in [0.15, 0.2) is 24.3 Å². The average molecular weight is 592 g/mol. The van der Waals surface area contributed by atoms with Crippen molar-refractivity contribution in [2.75, 3.05) is 76.7 Å². The molecular formula is C28H38ClN5O7. The lowest BCUT2D eigenvalue weighted by atomic mass is 10.2. The number of halogens is 1. The van der Waals surface area contributed by atoms with E-state index < -0.39 is 0 Å². The first-order valence-electron chi connectivity index (χ1n) is 13.4. The summed E-state index contributed by atoms with van der Waals surface area (Å²) in [6.45, 7) is 4.35. The molecule has 41 heavy (non-hydrogen) atoms. The molecule has 1 aromatic heterocycles. The quantitative estimate of drug-likeness (QED) is 0.0734. The lowest BCUT2D eigenvalue weighted by Crippen LogP contribution is -2.23. The first kappa shape index (κ1) is 32.5. The van der Waals surface area contributed by atoms with Gasteiger partial charge in [0.15, 0.2) is 0 Å². The topological polar surface area (TPSA) is 149 Å². The maximum absolute atomic E-state index is 9.31. The van der Waals surface area contributed by atoms with Gasteiger partial charge >= 0.3 is 0 Å². The van der Waals surface area contributed by atoms with E-state index >= 15 is 0 Å². The summed E-state index contributed by atoms with van der Waals surface area (Å²) >= 11 is 6.17. The third kappa shape index (κ3) is 12.2. The van der Waals surface area contributed by atoms with Gasteiger partial charge in [0.25, 0.3) is 0 Å². The van der Waals surface area contributed by atoms with Crippen LogP contribution in [0.3, 0.4) is 0 Å². The summed E-state index contributed by atoms with van der Waals surface area (Å²) in [4.78, 5) is 8.49. The highest BCUT2D eigenvalue weighted by Gasteiger charge is 2.26. The highest BCUT2D eigenvalue weighted by molar-refractivity contribution is 6.28. The SMILES string of the molecule is C#CCOCCOCCOCCOCCOc1cccc(CNc2nc(Cl)nc(NC3CCC(CO)O3)c2C=N)c1. The zero-order valence-corrected chi connectivity index (χ0v) is 23.7. The van der Waals surface area contributed by atoms with Gasteiger partial charge in [0.1, 0.15) is 36.8 Å². The Hall–Kier alpha value is -3.02. The minimum Gasteiger partial charge on any atom is -0.491 e. The zero-order valence-electron chi connectivity index (χ0n) is 23.0. The van der Waals surface area contributed by atoms with Crippen molar-refractivity contribution in [1.29, 1.82) is 5.41 Å². The van der Waals surface area contributed by atoms with Crippen molar-refractivity contribution in [3.63, 3.8) is 0 Å². The molecule has 1 aromatic carbocycles. The van der Waals surface area contributed by atoms with Gasteiger partial charge < -0.3 is 49.6 Å². The molecule has 2 atom stereocenters. The molecule has 2 heterocycles. The fourth-order valence-corrected chi connectivity index (χ4v) is 4.03. The highest BCUT2D eigenvalue weighted by Crippen LogP contribution is 2.26. The molecule has 224 valence electrons. The van der Waals surface area contributed by atoms with Gasteiger partial charge in [-0.1, -0.05) is 18.1 Å². The molecule has 3 rings (SSSR count). The molecule has 0 aliphatic carbocycles. The number of hydrogen-bond acceptors (Lipinski definition) is 12. The normalized spacial score (nSPS) is 16.3. The second kappa shape index (κ2) is 19.2. The minimum absolute atomic E-state index is 0.0373. The Kier molecular flexibility index (Phi) is 15.2. The molecule has 0 bridgehead atoms. The Morgan fingerprint density at radius 3 is 2.37 bits per heavy atom. The predicted octanol–water partition coefficient (Wildman–Crippen LogP) is 2.73. The van der Waals surface area contributed by atoms with Gasteiger partial charge in [0, 0.05) is 12.8 Å². The third-order valence-corrected chi connectivity index (χ3v) is 6.00. The molecule has 0 amide bonds. The molecule has 13 heteroatoms. The van der Waals surface area contributed by atoms with Crippen LogP contribution in [0.2, 0.25) is 5.28 Å². The van der Waals surface area contributed by atoms with Crippen LogP contribution in [0, 0.1) is 17.8 Å². The number of terminal acetylenes is 1. The molecule has 1 fully saturated rings. The number of ether oxygens (including phenoxy) is 6. The summed E-state index contributed by atoms with van der Waals surface area (Å²) in [6, 6.07) is 7.64. The summed E-state index contributed by atoms with van der Waals surface area (Å²) in [7, 11) is 0. The molecule has 2 unspecified atom stereocenters. The first-order chi connectivity index (χ1) is 20.1. The van der Waals surface area contributed by atoms with Crippen molar-refractivity contribution in [2.45, 2.75) is 31.7 Å². The van der Waals surface area contributed by atoms with E-state index in [4.69, 9.17) is 51.9 Å². The van der Waals surface area contributed by atoms with Crippen LogP contribution >= 0.6 is 11.6 Å². The van der Waals surface area contributed by atoms with E-state index in [1.54, 1.807) is 0 Å². The van der Waals surface area contributed by atoms with E-state index in [1.165, 1.54) is 0 Å². The van der Waals surface area contributed by atoms with Gasteiger partial charge in [0.05, 0.1) is 64.5 Å². The van der Waals surface area contributed by atoms with Crippen LogP contribution in [0.1, 0.15) is 24.0 Å². The highest BCUT2D eigenvalue weighted by atomic mass is 35.5. The maximum atomic E-state index is 9.31. The fraction of sp³-hybridized carbons (Fsp3) is 0.536. The Morgan fingerprint density at radius 1 is 1.02 bits per heavy atom. The predicted molar refractivity (Wildman–Crippen MR) is 155 cm³/mol. The van der Waals surface area contributed by atoms with Crippen LogP contribution in [0.25, 0.3) is 0 Å². The van der Waals surface area contributed by atoms with E-state index in [2.05, 4.69) is 26.5 Å². The van der Waals surface area contributed by atoms with Crippen molar-refractivity contribution in [3.8, 4) is 18.1 Å². The average Bonchev–Trinajstić information content (AvgIpc) is 3.44. The number of benzene rings is 1. The molecule has 0 radical (unpaired) electrons. The van der Waals surface area contributed by atoms with Crippen molar-refractivity contribution >= 4 is 29.5 Å². The fourth-order valence-electron chi connectivity index (χ4n) is 3.86. The van der Waals surface area contributed by atoms with E-state index in [9.17, 15) is 5.11 Å². The van der Waals surface area contributed by atoms with Gasteiger partial charge in [-0.2, -0.15) is 9.97 Å². The van der Waals surface area contributed by atoms with Gasteiger partial charge in [-0.3, -0.25) is 0 Å². The standard InChI is InChI=1S/C28H38ClN5O7/c1-2-8-36-9-10-37-11-12-38-13-14-39-15-16-40-22-5-3-4-21(17-22)19-31-26-24(18-30)27(34-28(29)33-26)32-25-7-6-23(20-35)41-25/h1,3-5,17-18,23,25,30,35H,6-16,19-20H2,(H2,31,32,33,34). The number of nitrogens with zero attached hydrogens (tertiary/aromatic N) is 2. The first-order valence-corrected chi connectivity index (χ1v) is 13.8. The van der Waals surface area contributed by atoms with Gasteiger partial charge in [-0.25, -0.2) is 0 Å². The third-order valence-electron chi connectivity index (χ3n) is 5.83. The number of aliphatic hydroxyl groups excluding tert-OH is 1.